The topological polar surface area (TPSA) is 237 Å². The third-order valence-electron chi connectivity index (χ3n) is 21.1. The number of aliphatic hydroxyl groups excluding tert-OH is 1. The van der Waals surface area contributed by atoms with E-state index in [4.69, 9.17) is 37.0 Å². The highest BCUT2D eigenvalue weighted by Gasteiger charge is 2.31. The molecule has 0 aliphatic heterocycles. The van der Waals surface area contributed by atoms with E-state index in [1.54, 1.807) is 0 Å². The number of unbranched alkanes of at least 4 members (excludes halogenated alkanes) is 56. The summed E-state index contributed by atoms with van der Waals surface area (Å²) in [5.74, 6) is 0.289. The van der Waals surface area contributed by atoms with Gasteiger partial charge in [0.25, 0.3) is 0 Å². The van der Waals surface area contributed by atoms with Gasteiger partial charge in [-0.1, -0.05) is 427 Å². The zero-order chi connectivity index (χ0) is 80.0. The smallest absolute Gasteiger partial charge is 0.462 e. The molecule has 0 aromatic rings. The van der Waals surface area contributed by atoms with Gasteiger partial charge in [0.15, 0.2) is 12.2 Å². The Balaban J connectivity index is 5.24. The van der Waals surface area contributed by atoms with Gasteiger partial charge in [0.1, 0.15) is 19.3 Å². The fourth-order valence-electron chi connectivity index (χ4n) is 14.1. The summed E-state index contributed by atoms with van der Waals surface area (Å²) in [6, 6.07) is 0. The molecule has 0 spiro atoms. The number of rotatable bonds is 88. The van der Waals surface area contributed by atoms with Crippen LogP contribution in [0.15, 0.2) is 0 Å². The van der Waals surface area contributed by atoms with Crippen molar-refractivity contribution in [2.75, 3.05) is 39.6 Å². The molecule has 0 rings (SSSR count). The molecule has 0 radical (unpaired) electrons. The van der Waals surface area contributed by atoms with E-state index in [1.165, 1.54) is 289 Å². The van der Waals surface area contributed by atoms with Crippen molar-refractivity contribution in [2.24, 2.45) is 17.8 Å². The Morgan fingerprint density at radius 1 is 0.248 bits per heavy atom. The maximum absolute atomic E-state index is 13.2. The van der Waals surface area contributed by atoms with Gasteiger partial charge in [-0.25, -0.2) is 9.13 Å². The first-order valence-electron chi connectivity index (χ1n) is 46.3. The molecule has 3 N–H and O–H groups in total. The van der Waals surface area contributed by atoms with Gasteiger partial charge in [-0.05, 0) is 43.4 Å². The number of aliphatic hydroxyl groups is 1. The number of hydrogen-bond acceptors (Lipinski definition) is 15. The van der Waals surface area contributed by atoms with Crippen LogP contribution in [-0.2, 0) is 65.4 Å². The van der Waals surface area contributed by atoms with Crippen molar-refractivity contribution in [1.29, 1.82) is 0 Å². The van der Waals surface area contributed by atoms with Gasteiger partial charge in [0.05, 0.1) is 26.4 Å². The van der Waals surface area contributed by atoms with Crippen LogP contribution in [-0.4, -0.2) is 96.7 Å². The molecule has 0 saturated carbocycles. The minimum absolute atomic E-state index is 0.108. The van der Waals surface area contributed by atoms with E-state index in [1.807, 2.05) is 0 Å². The summed E-state index contributed by atoms with van der Waals surface area (Å²) in [5, 5.41) is 10.7. The van der Waals surface area contributed by atoms with Crippen LogP contribution in [0, 0.1) is 17.8 Å². The van der Waals surface area contributed by atoms with Crippen LogP contribution in [0.5, 0.6) is 0 Å². The van der Waals surface area contributed by atoms with Gasteiger partial charge in [-0.15, -0.1) is 0 Å². The van der Waals surface area contributed by atoms with Gasteiger partial charge in [-0.3, -0.25) is 37.3 Å². The van der Waals surface area contributed by atoms with Crippen molar-refractivity contribution >= 4 is 39.5 Å². The molecule has 5 atom stereocenters. The standard InChI is InChI=1S/C90H176O17P2/c1-8-9-10-11-12-13-14-15-24-32-37-44-52-59-66-73-89(94)107-86(78-101-88(93)72-65-58-51-46-39-42-49-56-63-70-83(6)7)80-105-109(98,99)103-76-84(91)75-102-108(96,97)104-79-85(106-90(95)74-67-60-53-45-38-33-28-23-19-17-21-26-30-35-41-48-55-62-69-82(4)5)77-100-87(92)71-64-57-50-43-36-31-27-22-18-16-20-25-29-34-40-47-54-61-68-81(2)3/h81-86,91H,8-80H2,1-7H3,(H,96,97)(H,98,99)/t84-,85-,86-/m1/s1. The van der Waals surface area contributed by atoms with Crippen LogP contribution in [0.4, 0.5) is 0 Å². The van der Waals surface area contributed by atoms with Crippen LogP contribution in [0.2, 0.25) is 0 Å². The number of ether oxygens (including phenoxy) is 4. The second-order valence-corrected chi connectivity index (χ2v) is 36.7. The summed E-state index contributed by atoms with van der Waals surface area (Å²) in [6.07, 6.45) is 72.3. The van der Waals surface area contributed by atoms with Gasteiger partial charge >= 0.3 is 39.5 Å². The zero-order valence-electron chi connectivity index (χ0n) is 72.0. The summed E-state index contributed by atoms with van der Waals surface area (Å²) in [5.41, 5.74) is 0. The highest BCUT2D eigenvalue weighted by atomic mass is 31.2. The Bertz CT molecular complexity index is 2100. The largest absolute Gasteiger partial charge is 0.472 e. The zero-order valence-corrected chi connectivity index (χ0v) is 73.8. The van der Waals surface area contributed by atoms with E-state index in [0.717, 1.165) is 108 Å². The van der Waals surface area contributed by atoms with Crippen LogP contribution in [0.1, 0.15) is 479 Å². The van der Waals surface area contributed by atoms with Crippen molar-refractivity contribution < 1.29 is 80.2 Å². The number of esters is 4. The fraction of sp³-hybridized carbons (Fsp3) is 0.956. The third-order valence-corrected chi connectivity index (χ3v) is 23.0. The lowest BCUT2D eigenvalue weighted by atomic mass is 10.0. The molecule has 0 fully saturated rings. The number of hydrogen-bond donors (Lipinski definition) is 3. The molecule has 0 aromatic carbocycles. The monoisotopic (exact) mass is 1590 g/mol. The van der Waals surface area contributed by atoms with E-state index < -0.39 is 97.5 Å². The quantitative estimate of drug-likeness (QED) is 0.0222. The van der Waals surface area contributed by atoms with Crippen molar-refractivity contribution in [3.63, 3.8) is 0 Å². The molecule has 0 aliphatic carbocycles. The van der Waals surface area contributed by atoms with E-state index in [2.05, 4.69) is 48.5 Å². The van der Waals surface area contributed by atoms with E-state index in [-0.39, 0.29) is 25.7 Å². The predicted molar refractivity (Wildman–Crippen MR) is 451 cm³/mol. The van der Waals surface area contributed by atoms with Crippen LogP contribution in [0.25, 0.3) is 0 Å². The molecule has 19 heteroatoms. The first kappa shape index (κ1) is 107. The first-order valence-corrected chi connectivity index (χ1v) is 49.3. The molecule has 2 unspecified atom stereocenters. The molecule has 0 aliphatic rings. The van der Waals surface area contributed by atoms with E-state index in [0.29, 0.717) is 25.7 Å². The molecular formula is C90H176O17P2. The Kier molecular flexibility index (Phi) is 78.5. The first-order chi connectivity index (χ1) is 52.7. The van der Waals surface area contributed by atoms with Gasteiger partial charge in [0.2, 0.25) is 0 Å². The second-order valence-electron chi connectivity index (χ2n) is 33.8. The van der Waals surface area contributed by atoms with Gasteiger partial charge in [0, 0.05) is 25.7 Å². The average Bonchev–Trinajstić information content (AvgIpc) is 0.899. The van der Waals surface area contributed by atoms with E-state index in [9.17, 15) is 43.2 Å². The molecular weight excluding hydrogens is 1410 g/mol. The second kappa shape index (κ2) is 79.9. The highest BCUT2D eigenvalue weighted by molar-refractivity contribution is 7.47. The van der Waals surface area contributed by atoms with Crippen LogP contribution >= 0.6 is 15.6 Å². The molecule has 0 heterocycles. The minimum Gasteiger partial charge on any atom is -0.462 e. The Hall–Kier alpha value is -1.94. The molecule has 17 nitrogen and oxygen atoms in total. The maximum atomic E-state index is 13.2. The molecule has 0 aromatic heterocycles. The predicted octanol–water partition coefficient (Wildman–Crippen LogP) is 27.6. The van der Waals surface area contributed by atoms with Crippen LogP contribution < -0.4 is 0 Å². The Labute approximate surface area is 670 Å². The molecule has 648 valence electrons. The normalized spacial score (nSPS) is 13.8. The maximum Gasteiger partial charge on any atom is 0.472 e. The van der Waals surface area contributed by atoms with Crippen molar-refractivity contribution in [2.45, 2.75) is 497 Å². The highest BCUT2D eigenvalue weighted by Crippen LogP contribution is 2.45. The molecule has 0 saturated heterocycles. The number of phosphoric acid groups is 2. The Morgan fingerprint density at radius 2 is 0.422 bits per heavy atom. The summed E-state index contributed by atoms with van der Waals surface area (Å²) in [7, 11) is -9.93. The average molecular weight is 1590 g/mol. The number of carbonyl (C=O) groups excluding carboxylic acids is 4. The van der Waals surface area contributed by atoms with Gasteiger partial charge < -0.3 is 33.8 Å². The molecule has 0 bridgehead atoms. The van der Waals surface area contributed by atoms with Crippen molar-refractivity contribution in [1.82, 2.24) is 0 Å². The molecule has 109 heavy (non-hydrogen) atoms. The minimum atomic E-state index is -4.97. The van der Waals surface area contributed by atoms with Gasteiger partial charge in [-0.2, -0.15) is 0 Å². The third kappa shape index (κ3) is 83.8. The SMILES string of the molecule is CCCCCCCCCCCCCCCCCC(=O)O[C@H](COC(=O)CCCCCCCCCCCC(C)C)COP(=O)(O)OC[C@H](O)COP(=O)(O)OC[C@@H](COC(=O)CCCCCCCCCCCCCCCCCCCCC(C)C)OC(=O)CCCCCCCCCCCCCCCCCCCCC(C)C. The molecule has 0 amide bonds. The van der Waals surface area contributed by atoms with Crippen LogP contribution in [0.3, 0.4) is 0 Å². The number of phosphoric ester groups is 2. The summed E-state index contributed by atoms with van der Waals surface area (Å²) in [6.45, 7) is 12.1. The summed E-state index contributed by atoms with van der Waals surface area (Å²) in [4.78, 5) is 73.4. The number of carbonyl (C=O) groups is 4. The lowest BCUT2D eigenvalue weighted by molar-refractivity contribution is -0.161. The lowest BCUT2D eigenvalue weighted by Gasteiger charge is -2.21. The fourth-order valence-corrected chi connectivity index (χ4v) is 15.7. The summed E-state index contributed by atoms with van der Waals surface area (Å²) < 4.78 is 69.0. The van der Waals surface area contributed by atoms with E-state index >= 15 is 0 Å². The van der Waals surface area contributed by atoms with Crippen molar-refractivity contribution in [3.8, 4) is 0 Å². The summed E-state index contributed by atoms with van der Waals surface area (Å²) >= 11 is 0. The Morgan fingerprint density at radius 3 is 0.624 bits per heavy atom. The lowest BCUT2D eigenvalue weighted by Crippen LogP contribution is -2.30. The van der Waals surface area contributed by atoms with Crippen molar-refractivity contribution in [3.05, 3.63) is 0 Å².